The number of hydrogen-bond donors (Lipinski definition) is 3. The summed E-state index contributed by atoms with van der Waals surface area (Å²) in [5.41, 5.74) is 1.29. The lowest BCUT2D eigenvalue weighted by Gasteiger charge is -2.20. The van der Waals surface area contributed by atoms with E-state index in [0.29, 0.717) is 5.41 Å². The molecule has 1 atom stereocenters. The molecule has 2 rings (SSSR count). The summed E-state index contributed by atoms with van der Waals surface area (Å²) in [7, 11) is 1.74. The van der Waals surface area contributed by atoms with Crippen molar-refractivity contribution in [3.63, 3.8) is 0 Å². The first-order valence-corrected chi connectivity index (χ1v) is 6.80. The maximum atomic E-state index is 9.50. The van der Waals surface area contributed by atoms with Gasteiger partial charge in [-0.1, -0.05) is 0 Å². The molecule has 0 heterocycles. The minimum absolute atomic E-state index is 0.101. The first kappa shape index (κ1) is 14.2. The maximum absolute atomic E-state index is 9.50. The molecule has 0 bridgehead atoms. The van der Waals surface area contributed by atoms with Crippen LogP contribution in [0.25, 0.3) is 0 Å². The molecule has 1 fully saturated rings. The van der Waals surface area contributed by atoms with Gasteiger partial charge in [0.2, 0.25) is 0 Å². The largest absolute Gasteiger partial charge is 0.508 e. The third kappa shape index (κ3) is 3.85. The molecule has 0 spiro atoms. The summed E-state index contributed by atoms with van der Waals surface area (Å²) in [5.74, 6) is 0.202. The van der Waals surface area contributed by atoms with Crippen LogP contribution < -0.4 is 5.32 Å². The van der Waals surface area contributed by atoms with E-state index in [9.17, 15) is 10.2 Å². The molecule has 0 aromatic heterocycles. The zero-order chi connectivity index (χ0) is 13.9. The Labute approximate surface area is 114 Å². The number of aromatic hydroxyl groups is 2. The van der Waals surface area contributed by atoms with Gasteiger partial charge >= 0.3 is 0 Å². The molecule has 1 aliphatic carbocycles. The van der Waals surface area contributed by atoms with Gasteiger partial charge in [0.1, 0.15) is 11.5 Å². The SMILES string of the molecule is COCCC1(CNC(C)c2cc(O)cc(O)c2)CC1. The Balaban J connectivity index is 1.89. The highest BCUT2D eigenvalue weighted by Crippen LogP contribution is 2.48. The number of phenols is 2. The van der Waals surface area contributed by atoms with Crippen LogP contribution in [0.15, 0.2) is 18.2 Å². The Kier molecular flexibility index (Phi) is 4.32. The molecule has 1 unspecified atom stereocenters. The van der Waals surface area contributed by atoms with Crippen LogP contribution in [-0.2, 0) is 4.74 Å². The van der Waals surface area contributed by atoms with Gasteiger partial charge in [-0.05, 0) is 49.3 Å². The van der Waals surface area contributed by atoms with Crippen molar-refractivity contribution in [1.82, 2.24) is 5.32 Å². The van der Waals surface area contributed by atoms with Crippen LogP contribution >= 0.6 is 0 Å². The Bertz CT molecular complexity index is 409. The average molecular weight is 265 g/mol. The van der Waals surface area contributed by atoms with Crippen molar-refractivity contribution in [3.05, 3.63) is 23.8 Å². The Hall–Kier alpha value is -1.26. The fraction of sp³-hybridized carbons (Fsp3) is 0.600. The molecule has 1 aromatic carbocycles. The molecular weight excluding hydrogens is 242 g/mol. The van der Waals surface area contributed by atoms with E-state index in [2.05, 4.69) is 5.32 Å². The quantitative estimate of drug-likeness (QED) is 0.709. The lowest BCUT2D eigenvalue weighted by Crippen LogP contribution is -2.27. The molecule has 3 N–H and O–H groups in total. The van der Waals surface area contributed by atoms with E-state index >= 15 is 0 Å². The standard InChI is InChI=1S/C15H23NO3/c1-11(12-7-13(17)9-14(18)8-12)16-10-15(3-4-15)5-6-19-2/h7-9,11,16-18H,3-6,10H2,1-2H3. The third-order valence-corrected chi connectivity index (χ3v) is 4.00. The minimum Gasteiger partial charge on any atom is -0.508 e. The summed E-state index contributed by atoms with van der Waals surface area (Å²) in [4.78, 5) is 0. The first-order chi connectivity index (χ1) is 9.04. The van der Waals surface area contributed by atoms with Crippen molar-refractivity contribution in [2.45, 2.75) is 32.2 Å². The average Bonchev–Trinajstić information content (AvgIpc) is 3.13. The van der Waals surface area contributed by atoms with E-state index in [1.807, 2.05) is 6.92 Å². The fourth-order valence-corrected chi connectivity index (χ4v) is 2.37. The molecule has 1 saturated carbocycles. The Morgan fingerprint density at radius 1 is 1.26 bits per heavy atom. The van der Waals surface area contributed by atoms with Crippen LogP contribution in [0.4, 0.5) is 0 Å². The van der Waals surface area contributed by atoms with Crippen LogP contribution in [0, 0.1) is 5.41 Å². The van der Waals surface area contributed by atoms with E-state index in [-0.39, 0.29) is 17.5 Å². The van der Waals surface area contributed by atoms with E-state index in [1.165, 1.54) is 18.9 Å². The van der Waals surface area contributed by atoms with Crippen LogP contribution in [0.2, 0.25) is 0 Å². The van der Waals surface area contributed by atoms with Crippen molar-refractivity contribution in [2.24, 2.45) is 5.41 Å². The number of hydrogen-bond acceptors (Lipinski definition) is 4. The summed E-state index contributed by atoms with van der Waals surface area (Å²) in [6, 6.07) is 4.83. The minimum atomic E-state index is 0.101. The van der Waals surface area contributed by atoms with Crippen molar-refractivity contribution >= 4 is 0 Å². The fourth-order valence-electron chi connectivity index (χ4n) is 2.37. The van der Waals surface area contributed by atoms with Gasteiger partial charge in [-0.25, -0.2) is 0 Å². The summed E-state index contributed by atoms with van der Waals surface area (Å²) in [6.45, 7) is 3.80. The second kappa shape index (κ2) is 5.80. The van der Waals surface area contributed by atoms with Crippen molar-refractivity contribution in [3.8, 4) is 11.5 Å². The van der Waals surface area contributed by atoms with Crippen LogP contribution in [0.5, 0.6) is 11.5 Å². The zero-order valence-electron chi connectivity index (χ0n) is 11.6. The number of methoxy groups -OCH3 is 1. The topological polar surface area (TPSA) is 61.7 Å². The molecule has 19 heavy (non-hydrogen) atoms. The third-order valence-electron chi connectivity index (χ3n) is 4.00. The second-order valence-electron chi connectivity index (χ2n) is 5.63. The summed E-state index contributed by atoms with van der Waals surface area (Å²) >= 11 is 0. The van der Waals surface area contributed by atoms with Crippen molar-refractivity contribution < 1.29 is 14.9 Å². The van der Waals surface area contributed by atoms with Gasteiger partial charge in [-0.3, -0.25) is 0 Å². The smallest absolute Gasteiger partial charge is 0.119 e. The molecule has 106 valence electrons. The van der Waals surface area contributed by atoms with Gasteiger partial charge in [0.25, 0.3) is 0 Å². The lowest BCUT2D eigenvalue weighted by molar-refractivity contribution is 0.170. The molecule has 1 aliphatic rings. The molecule has 0 aliphatic heterocycles. The highest BCUT2D eigenvalue weighted by Gasteiger charge is 2.41. The monoisotopic (exact) mass is 265 g/mol. The first-order valence-electron chi connectivity index (χ1n) is 6.80. The molecule has 4 nitrogen and oxygen atoms in total. The molecule has 4 heteroatoms. The van der Waals surface area contributed by atoms with E-state index in [4.69, 9.17) is 4.74 Å². The van der Waals surface area contributed by atoms with Gasteiger partial charge < -0.3 is 20.3 Å². The molecular formula is C15H23NO3. The predicted molar refractivity (Wildman–Crippen MR) is 74.3 cm³/mol. The number of phenolic OH excluding ortho intramolecular Hbond substituents is 2. The molecule has 0 saturated heterocycles. The summed E-state index contributed by atoms with van der Waals surface area (Å²) < 4.78 is 5.15. The highest BCUT2D eigenvalue weighted by molar-refractivity contribution is 5.37. The van der Waals surface area contributed by atoms with Crippen LogP contribution in [0.3, 0.4) is 0 Å². The van der Waals surface area contributed by atoms with Crippen LogP contribution in [0.1, 0.15) is 37.8 Å². The van der Waals surface area contributed by atoms with Gasteiger partial charge in [0, 0.05) is 32.4 Å². The van der Waals surface area contributed by atoms with E-state index in [1.54, 1.807) is 19.2 Å². The van der Waals surface area contributed by atoms with Crippen molar-refractivity contribution in [2.75, 3.05) is 20.3 Å². The maximum Gasteiger partial charge on any atom is 0.119 e. The highest BCUT2D eigenvalue weighted by atomic mass is 16.5. The summed E-state index contributed by atoms with van der Waals surface area (Å²) in [5, 5.41) is 22.5. The zero-order valence-corrected chi connectivity index (χ0v) is 11.6. The van der Waals surface area contributed by atoms with Gasteiger partial charge in [-0.15, -0.1) is 0 Å². The predicted octanol–water partition coefficient (Wildman–Crippen LogP) is 2.57. The van der Waals surface area contributed by atoms with E-state index < -0.39 is 0 Å². The molecule has 0 radical (unpaired) electrons. The number of ether oxygens (including phenoxy) is 1. The van der Waals surface area contributed by atoms with Crippen LogP contribution in [-0.4, -0.2) is 30.5 Å². The number of nitrogens with one attached hydrogen (secondary N) is 1. The van der Waals surface area contributed by atoms with Crippen molar-refractivity contribution in [1.29, 1.82) is 0 Å². The molecule has 0 amide bonds. The Morgan fingerprint density at radius 3 is 2.42 bits per heavy atom. The number of rotatable bonds is 7. The Morgan fingerprint density at radius 2 is 1.89 bits per heavy atom. The van der Waals surface area contributed by atoms with Gasteiger partial charge in [0.05, 0.1) is 0 Å². The van der Waals surface area contributed by atoms with Gasteiger partial charge in [-0.2, -0.15) is 0 Å². The van der Waals surface area contributed by atoms with E-state index in [0.717, 1.165) is 25.1 Å². The van der Waals surface area contributed by atoms with Gasteiger partial charge in [0.15, 0.2) is 0 Å². The second-order valence-corrected chi connectivity index (χ2v) is 5.63. The number of benzene rings is 1. The normalized spacial score (nSPS) is 18.2. The lowest BCUT2D eigenvalue weighted by atomic mass is 10.0. The summed E-state index contributed by atoms with van der Waals surface area (Å²) in [6.07, 6.45) is 3.59. The molecule has 1 aromatic rings.